The summed E-state index contributed by atoms with van der Waals surface area (Å²) >= 11 is 0. The van der Waals surface area contributed by atoms with E-state index in [-0.39, 0.29) is 6.73 Å². The highest BCUT2D eigenvalue weighted by atomic mass is 32.3. The SMILES string of the molecule is CCCCCCCCCCCC[NH+](C)COS(=O)(=O)[O-]. The summed E-state index contributed by atoms with van der Waals surface area (Å²) in [6.07, 6.45) is 12.8. The first-order valence-corrected chi connectivity index (χ1v) is 9.20. The molecule has 0 bridgehead atoms. The lowest BCUT2D eigenvalue weighted by molar-refractivity contribution is -0.896. The summed E-state index contributed by atoms with van der Waals surface area (Å²) < 4.78 is 35.1. The van der Waals surface area contributed by atoms with Crippen LogP contribution < -0.4 is 4.90 Å². The van der Waals surface area contributed by atoms with Gasteiger partial charge in [0.25, 0.3) is 0 Å². The van der Waals surface area contributed by atoms with E-state index < -0.39 is 10.4 Å². The van der Waals surface area contributed by atoms with Crippen molar-refractivity contribution in [3.05, 3.63) is 0 Å². The molecule has 0 saturated carbocycles. The molecule has 0 aliphatic carbocycles. The molecule has 0 spiro atoms. The summed E-state index contributed by atoms with van der Waals surface area (Å²) in [6.45, 7) is 3.01. The van der Waals surface area contributed by atoms with E-state index in [1.165, 1.54) is 51.4 Å². The van der Waals surface area contributed by atoms with E-state index >= 15 is 0 Å². The Morgan fingerprint density at radius 2 is 1.35 bits per heavy atom. The van der Waals surface area contributed by atoms with Crippen molar-refractivity contribution in [2.24, 2.45) is 0 Å². The first kappa shape index (κ1) is 19.8. The Morgan fingerprint density at radius 1 is 0.900 bits per heavy atom. The molecule has 0 radical (unpaired) electrons. The van der Waals surface area contributed by atoms with Crippen molar-refractivity contribution >= 4 is 10.4 Å². The quantitative estimate of drug-likeness (QED) is 0.230. The second-order valence-corrected chi connectivity index (χ2v) is 6.61. The molecule has 0 saturated heterocycles. The van der Waals surface area contributed by atoms with Crippen LogP contribution in [-0.4, -0.2) is 33.3 Å². The normalized spacial score (nSPS) is 13.6. The minimum absolute atomic E-state index is 0.0662. The zero-order valence-electron chi connectivity index (χ0n) is 13.0. The summed E-state index contributed by atoms with van der Waals surface area (Å²) in [6, 6.07) is 0. The number of quaternary nitrogens is 1. The summed E-state index contributed by atoms with van der Waals surface area (Å²) in [5, 5.41) is 0. The zero-order chi connectivity index (χ0) is 15.3. The molecule has 0 aromatic heterocycles. The maximum absolute atomic E-state index is 10.3. The monoisotopic (exact) mass is 309 g/mol. The topological polar surface area (TPSA) is 70.9 Å². The van der Waals surface area contributed by atoms with Gasteiger partial charge < -0.3 is 9.45 Å². The molecule has 0 aliphatic rings. The van der Waals surface area contributed by atoms with Crippen molar-refractivity contribution in [3.8, 4) is 0 Å². The van der Waals surface area contributed by atoms with E-state index in [4.69, 9.17) is 0 Å². The van der Waals surface area contributed by atoms with Crippen LogP contribution in [0.2, 0.25) is 0 Å². The van der Waals surface area contributed by atoms with Crippen molar-refractivity contribution < 1.29 is 22.1 Å². The summed E-state index contributed by atoms with van der Waals surface area (Å²) in [4.78, 5) is 0.920. The van der Waals surface area contributed by atoms with Crippen molar-refractivity contribution in [2.75, 3.05) is 20.3 Å². The Hall–Kier alpha value is -0.170. The summed E-state index contributed by atoms with van der Waals surface area (Å²) in [7, 11) is -2.71. The molecule has 0 fully saturated rings. The van der Waals surface area contributed by atoms with Gasteiger partial charge in [0.1, 0.15) is 0 Å². The minimum Gasteiger partial charge on any atom is -0.725 e. The maximum Gasteiger partial charge on any atom is 0.222 e. The lowest BCUT2D eigenvalue weighted by Gasteiger charge is -2.14. The second-order valence-electron chi connectivity index (χ2n) is 5.56. The highest BCUT2D eigenvalue weighted by Crippen LogP contribution is 2.09. The van der Waals surface area contributed by atoms with Gasteiger partial charge in [-0.1, -0.05) is 58.3 Å². The molecule has 1 unspecified atom stereocenters. The third-order valence-corrected chi connectivity index (χ3v) is 3.81. The van der Waals surface area contributed by atoms with E-state index in [0.717, 1.165) is 24.3 Å². The smallest absolute Gasteiger partial charge is 0.222 e. The molecule has 0 aliphatic heterocycles. The van der Waals surface area contributed by atoms with Gasteiger partial charge in [-0.15, -0.1) is 0 Å². The van der Waals surface area contributed by atoms with Crippen molar-refractivity contribution in [1.29, 1.82) is 0 Å². The zero-order valence-corrected chi connectivity index (χ0v) is 13.8. The predicted molar refractivity (Wildman–Crippen MR) is 79.2 cm³/mol. The number of hydrogen-bond donors (Lipinski definition) is 1. The average Bonchev–Trinajstić information content (AvgIpc) is 2.38. The van der Waals surface area contributed by atoms with Gasteiger partial charge in [0.2, 0.25) is 10.4 Å². The third kappa shape index (κ3) is 15.9. The standard InChI is InChI=1S/C14H31NO4S/c1-3-4-5-6-7-8-9-10-11-12-13-15(2)14-19-20(16,17)18/h3-14H2,1-2H3,(H,16,17,18). The van der Waals surface area contributed by atoms with Gasteiger partial charge in [0.05, 0.1) is 13.6 Å². The predicted octanol–water partition coefficient (Wildman–Crippen LogP) is 1.86. The van der Waals surface area contributed by atoms with E-state index in [1.807, 2.05) is 7.05 Å². The molecule has 0 heterocycles. The van der Waals surface area contributed by atoms with Crippen LogP contribution in [0.3, 0.4) is 0 Å². The average molecular weight is 309 g/mol. The molecule has 0 rings (SSSR count). The van der Waals surface area contributed by atoms with E-state index in [9.17, 15) is 13.0 Å². The second kappa shape index (κ2) is 12.6. The number of rotatable bonds is 14. The van der Waals surface area contributed by atoms with Crippen LogP contribution >= 0.6 is 0 Å². The minimum atomic E-state index is -4.54. The maximum atomic E-state index is 10.3. The first-order valence-electron chi connectivity index (χ1n) is 7.87. The van der Waals surface area contributed by atoms with E-state index in [0.29, 0.717) is 0 Å². The van der Waals surface area contributed by atoms with Crippen LogP contribution in [-0.2, 0) is 14.6 Å². The molecule has 1 atom stereocenters. The molecule has 0 aromatic carbocycles. The molecule has 1 N–H and O–H groups in total. The van der Waals surface area contributed by atoms with Gasteiger partial charge in [-0.2, -0.15) is 0 Å². The lowest BCUT2D eigenvalue weighted by atomic mass is 10.1. The van der Waals surface area contributed by atoms with Gasteiger partial charge in [0, 0.05) is 0 Å². The van der Waals surface area contributed by atoms with Gasteiger partial charge in [-0.05, 0) is 12.8 Å². The lowest BCUT2D eigenvalue weighted by Crippen LogP contribution is -3.09. The number of hydrogen-bond acceptors (Lipinski definition) is 4. The Labute approximate surface area is 124 Å². The molecular weight excluding hydrogens is 278 g/mol. The molecule has 0 aromatic rings. The Morgan fingerprint density at radius 3 is 1.80 bits per heavy atom. The fraction of sp³-hybridized carbons (Fsp3) is 1.00. The summed E-state index contributed by atoms with van der Waals surface area (Å²) in [5.74, 6) is 0. The Bertz CT molecular complexity index is 306. The largest absolute Gasteiger partial charge is 0.725 e. The number of unbranched alkanes of at least 4 members (excludes halogenated alkanes) is 9. The van der Waals surface area contributed by atoms with Crippen molar-refractivity contribution in [3.63, 3.8) is 0 Å². The first-order chi connectivity index (χ1) is 9.45. The van der Waals surface area contributed by atoms with Crippen LogP contribution in [0.5, 0.6) is 0 Å². The van der Waals surface area contributed by atoms with E-state index in [2.05, 4.69) is 11.1 Å². The Balaban J connectivity index is 3.23. The molecule has 20 heavy (non-hydrogen) atoms. The molecule has 0 amide bonds. The fourth-order valence-electron chi connectivity index (χ4n) is 2.16. The third-order valence-electron chi connectivity index (χ3n) is 3.41. The van der Waals surface area contributed by atoms with E-state index in [1.54, 1.807) is 0 Å². The molecule has 6 heteroatoms. The van der Waals surface area contributed by atoms with Crippen molar-refractivity contribution in [2.45, 2.75) is 71.1 Å². The van der Waals surface area contributed by atoms with Gasteiger partial charge in [0.15, 0.2) is 6.73 Å². The summed E-state index contributed by atoms with van der Waals surface area (Å²) in [5.41, 5.74) is 0. The van der Waals surface area contributed by atoms with Crippen LogP contribution in [0.25, 0.3) is 0 Å². The molecule has 122 valence electrons. The fourth-order valence-corrected chi connectivity index (χ4v) is 2.50. The van der Waals surface area contributed by atoms with Crippen LogP contribution in [0, 0.1) is 0 Å². The van der Waals surface area contributed by atoms with Gasteiger partial charge >= 0.3 is 0 Å². The van der Waals surface area contributed by atoms with Crippen LogP contribution in [0.15, 0.2) is 0 Å². The highest BCUT2D eigenvalue weighted by molar-refractivity contribution is 7.80. The molecule has 5 nitrogen and oxygen atoms in total. The number of nitrogens with one attached hydrogen (secondary N) is 1. The van der Waals surface area contributed by atoms with Gasteiger partial charge in [-0.25, -0.2) is 12.6 Å². The van der Waals surface area contributed by atoms with Gasteiger partial charge in [-0.3, -0.25) is 0 Å². The highest BCUT2D eigenvalue weighted by Gasteiger charge is 2.04. The van der Waals surface area contributed by atoms with Crippen LogP contribution in [0.1, 0.15) is 71.1 Å². The van der Waals surface area contributed by atoms with Crippen LogP contribution in [0.4, 0.5) is 0 Å². The molecular formula is C14H31NO4S. The van der Waals surface area contributed by atoms with Crippen molar-refractivity contribution in [1.82, 2.24) is 0 Å². The Kier molecular flexibility index (Phi) is 12.5.